The molecule has 0 aliphatic heterocycles. The summed E-state index contributed by atoms with van der Waals surface area (Å²) >= 11 is 3.19. The lowest BCUT2D eigenvalue weighted by molar-refractivity contribution is 0.573. The van der Waals surface area contributed by atoms with E-state index in [1.165, 1.54) is 22.2 Å². The van der Waals surface area contributed by atoms with E-state index in [0.29, 0.717) is 11.6 Å². The van der Waals surface area contributed by atoms with Crippen molar-refractivity contribution < 1.29 is 4.42 Å². The van der Waals surface area contributed by atoms with E-state index in [1.54, 1.807) is 29.2 Å². The Morgan fingerprint density at radius 1 is 1.22 bits per heavy atom. The first-order chi connectivity index (χ1) is 13.2. The molecule has 0 spiro atoms. The molecule has 27 heavy (non-hydrogen) atoms. The van der Waals surface area contributed by atoms with E-state index in [4.69, 9.17) is 9.40 Å². The van der Waals surface area contributed by atoms with Crippen molar-refractivity contribution in [3.05, 3.63) is 63.1 Å². The fourth-order valence-corrected chi connectivity index (χ4v) is 5.61. The van der Waals surface area contributed by atoms with E-state index in [1.807, 2.05) is 30.3 Å². The highest BCUT2D eigenvalue weighted by atomic mass is 32.2. The minimum atomic E-state index is 0.0621. The van der Waals surface area contributed by atoms with Gasteiger partial charge in [-0.1, -0.05) is 30.0 Å². The van der Waals surface area contributed by atoms with Crippen molar-refractivity contribution in [1.29, 1.82) is 0 Å². The summed E-state index contributed by atoms with van der Waals surface area (Å²) in [6.45, 7) is 0. The summed E-state index contributed by atoms with van der Waals surface area (Å²) in [7, 11) is 1.80. The fraction of sp³-hybridized carbons (Fsp3) is 0.250. The second kappa shape index (κ2) is 6.65. The molecule has 0 fully saturated rings. The van der Waals surface area contributed by atoms with Crippen LogP contribution in [0, 0.1) is 0 Å². The van der Waals surface area contributed by atoms with Crippen LogP contribution in [0.5, 0.6) is 0 Å². The first-order valence-corrected chi connectivity index (χ1v) is 10.6. The third-order valence-corrected chi connectivity index (χ3v) is 7.08. The molecule has 0 N–H and O–H groups in total. The number of fused-ring (bicyclic) bond motifs is 3. The monoisotopic (exact) mass is 395 g/mol. The van der Waals surface area contributed by atoms with E-state index in [2.05, 4.69) is 4.98 Å². The maximum atomic E-state index is 12.9. The van der Waals surface area contributed by atoms with Gasteiger partial charge in [0, 0.05) is 23.2 Å². The van der Waals surface area contributed by atoms with Gasteiger partial charge in [0.15, 0.2) is 5.16 Å². The molecule has 3 aromatic heterocycles. The molecule has 0 atom stereocenters. The summed E-state index contributed by atoms with van der Waals surface area (Å²) < 4.78 is 7.26. The Morgan fingerprint density at radius 2 is 2.07 bits per heavy atom. The fourth-order valence-electron chi connectivity index (χ4n) is 3.46. The number of rotatable bonds is 4. The van der Waals surface area contributed by atoms with Gasteiger partial charge in [-0.2, -0.15) is 0 Å². The molecule has 1 aliphatic carbocycles. The number of aryl methyl sites for hydroxylation is 2. The maximum Gasteiger partial charge on any atom is 0.262 e. The van der Waals surface area contributed by atoms with Gasteiger partial charge >= 0.3 is 0 Å². The molecule has 0 saturated heterocycles. The van der Waals surface area contributed by atoms with Gasteiger partial charge in [-0.25, -0.2) is 9.97 Å². The normalized spacial score (nSPS) is 13.4. The Labute approximate surface area is 164 Å². The Balaban J connectivity index is 1.42. The molecule has 5 nitrogen and oxygen atoms in total. The number of thiophene rings is 1. The molecule has 3 heterocycles. The lowest BCUT2D eigenvalue weighted by atomic mass is 10.2. The summed E-state index contributed by atoms with van der Waals surface area (Å²) in [6.07, 6.45) is 4.89. The zero-order valence-corrected chi connectivity index (χ0v) is 16.4. The van der Waals surface area contributed by atoms with E-state index < -0.39 is 0 Å². The highest BCUT2D eigenvalue weighted by Crippen LogP contribution is 2.35. The molecule has 5 rings (SSSR count). The summed E-state index contributed by atoms with van der Waals surface area (Å²) in [5.41, 5.74) is 3.08. The van der Waals surface area contributed by atoms with Crippen LogP contribution in [0.15, 0.2) is 51.0 Å². The van der Waals surface area contributed by atoms with Crippen molar-refractivity contribution in [3.8, 4) is 11.5 Å². The van der Waals surface area contributed by atoms with Crippen molar-refractivity contribution in [1.82, 2.24) is 14.5 Å². The van der Waals surface area contributed by atoms with Crippen molar-refractivity contribution >= 4 is 33.3 Å². The Morgan fingerprint density at radius 3 is 2.93 bits per heavy atom. The predicted octanol–water partition coefficient (Wildman–Crippen LogP) is 4.43. The molecule has 1 aliphatic rings. The molecule has 7 heteroatoms. The van der Waals surface area contributed by atoms with Crippen LogP contribution in [-0.2, 0) is 25.6 Å². The number of benzene rings is 1. The van der Waals surface area contributed by atoms with Crippen molar-refractivity contribution in [2.24, 2.45) is 7.05 Å². The topological polar surface area (TPSA) is 60.9 Å². The standard InChI is InChI=1S/C20H17N3O2S2/c1-23-19(24)16-14-8-5-9-15(14)27-18(16)22-20(23)26-11-13-10-25-17(21-13)12-6-3-2-4-7-12/h2-4,6-7,10H,5,8-9,11H2,1H3. The van der Waals surface area contributed by atoms with E-state index >= 15 is 0 Å². The molecule has 0 radical (unpaired) electrons. The molecule has 0 amide bonds. The second-order valence-corrected chi connectivity index (χ2v) is 8.62. The number of hydrogen-bond donors (Lipinski definition) is 0. The number of aromatic nitrogens is 3. The second-order valence-electron chi connectivity index (χ2n) is 6.59. The van der Waals surface area contributed by atoms with Gasteiger partial charge in [0.25, 0.3) is 5.56 Å². The highest BCUT2D eigenvalue weighted by Gasteiger charge is 2.22. The lowest BCUT2D eigenvalue weighted by Gasteiger charge is -2.06. The van der Waals surface area contributed by atoms with Gasteiger partial charge in [0.2, 0.25) is 5.89 Å². The van der Waals surface area contributed by atoms with Crippen LogP contribution in [0.2, 0.25) is 0 Å². The zero-order chi connectivity index (χ0) is 18.4. The lowest BCUT2D eigenvalue weighted by Crippen LogP contribution is -2.20. The number of thioether (sulfide) groups is 1. The third-order valence-electron chi connectivity index (χ3n) is 4.83. The molecular weight excluding hydrogens is 378 g/mol. The summed E-state index contributed by atoms with van der Waals surface area (Å²) in [5.74, 6) is 1.21. The van der Waals surface area contributed by atoms with Gasteiger partial charge in [-0.15, -0.1) is 11.3 Å². The van der Waals surface area contributed by atoms with Crippen LogP contribution in [-0.4, -0.2) is 14.5 Å². The van der Waals surface area contributed by atoms with Crippen LogP contribution < -0.4 is 5.56 Å². The molecule has 0 bridgehead atoms. The number of hydrogen-bond acceptors (Lipinski definition) is 6. The Kier molecular flexibility index (Phi) is 4.13. The van der Waals surface area contributed by atoms with Crippen molar-refractivity contribution in [2.45, 2.75) is 30.2 Å². The van der Waals surface area contributed by atoms with Gasteiger partial charge in [-0.3, -0.25) is 9.36 Å². The van der Waals surface area contributed by atoms with Crippen molar-refractivity contribution in [3.63, 3.8) is 0 Å². The average molecular weight is 396 g/mol. The molecule has 136 valence electrons. The quantitative estimate of drug-likeness (QED) is 0.378. The third kappa shape index (κ3) is 2.91. The van der Waals surface area contributed by atoms with Gasteiger partial charge in [-0.05, 0) is 37.0 Å². The molecule has 1 aromatic carbocycles. The summed E-state index contributed by atoms with van der Waals surface area (Å²) in [4.78, 5) is 24.4. The minimum Gasteiger partial charge on any atom is -0.444 e. The van der Waals surface area contributed by atoms with Crippen LogP contribution in [0.25, 0.3) is 21.7 Å². The van der Waals surface area contributed by atoms with Gasteiger partial charge in [0.05, 0.1) is 11.1 Å². The zero-order valence-electron chi connectivity index (χ0n) is 14.8. The predicted molar refractivity (Wildman–Crippen MR) is 108 cm³/mol. The highest BCUT2D eigenvalue weighted by molar-refractivity contribution is 7.98. The first kappa shape index (κ1) is 16.8. The van der Waals surface area contributed by atoms with Crippen molar-refractivity contribution in [2.75, 3.05) is 0 Å². The minimum absolute atomic E-state index is 0.0621. The molecular formula is C20H17N3O2S2. The number of nitrogens with zero attached hydrogens (tertiary/aromatic N) is 3. The number of oxazole rings is 1. The molecule has 0 unspecified atom stereocenters. The largest absolute Gasteiger partial charge is 0.444 e. The van der Waals surface area contributed by atoms with Gasteiger partial charge < -0.3 is 4.42 Å². The van der Waals surface area contributed by atoms with Crippen LogP contribution in [0.1, 0.15) is 22.6 Å². The van der Waals surface area contributed by atoms with E-state index in [0.717, 1.165) is 45.9 Å². The maximum absolute atomic E-state index is 12.9. The van der Waals surface area contributed by atoms with Crippen LogP contribution in [0.3, 0.4) is 0 Å². The molecule has 4 aromatic rings. The van der Waals surface area contributed by atoms with E-state index in [9.17, 15) is 4.79 Å². The average Bonchev–Trinajstić information content (AvgIpc) is 3.40. The van der Waals surface area contributed by atoms with Crippen LogP contribution in [0.4, 0.5) is 0 Å². The van der Waals surface area contributed by atoms with E-state index in [-0.39, 0.29) is 5.56 Å². The smallest absolute Gasteiger partial charge is 0.262 e. The summed E-state index contributed by atoms with van der Waals surface area (Å²) in [6, 6.07) is 9.82. The summed E-state index contributed by atoms with van der Waals surface area (Å²) in [5, 5.41) is 1.55. The first-order valence-electron chi connectivity index (χ1n) is 8.84. The SMILES string of the molecule is Cn1c(SCc2coc(-c3ccccc3)n2)nc2sc3c(c2c1=O)CCC3. The Hall–Kier alpha value is -2.38. The molecule has 0 saturated carbocycles. The van der Waals surface area contributed by atoms with Crippen LogP contribution >= 0.6 is 23.1 Å². The Bertz CT molecular complexity index is 1190. The van der Waals surface area contributed by atoms with Gasteiger partial charge in [0.1, 0.15) is 11.1 Å².